The molecule has 0 bridgehead atoms. The number of nitrogens with zero attached hydrogens (tertiary/aromatic N) is 4. The third kappa shape index (κ3) is 2.65. The molecular formula is C10H10BrN5OS. The molecular weight excluding hydrogens is 318 g/mol. The maximum atomic E-state index is 8.77. The first-order valence-corrected chi connectivity index (χ1v) is 6.52. The molecule has 1 aromatic carbocycles. The molecule has 6 nitrogen and oxygen atoms in total. The maximum Gasteiger partial charge on any atom is 0.190 e. The lowest BCUT2D eigenvalue weighted by Crippen LogP contribution is -2.14. The molecule has 0 aliphatic carbocycles. The van der Waals surface area contributed by atoms with Crippen LogP contribution in [0.1, 0.15) is 5.56 Å². The summed E-state index contributed by atoms with van der Waals surface area (Å²) < 4.78 is 2.56. The van der Waals surface area contributed by atoms with Crippen LogP contribution in [0, 0.1) is 0 Å². The summed E-state index contributed by atoms with van der Waals surface area (Å²) in [6.07, 6.45) is 1.48. The molecule has 0 fully saturated rings. The van der Waals surface area contributed by atoms with Crippen LogP contribution in [0.2, 0.25) is 0 Å². The quantitative estimate of drug-likeness (QED) is 0.388. The van der Waals surface area contributed by atoms with E-state index in [1.54, 1.807) is 17.8 Å². The van der Waals surface area contributed by atoms with E-state index in [0.29, 0.717) is 5.56 Å². The van der Waals surface area contributed by atoms with Crippen molar-refractivity contribution in [3.63, 3.8) is 0 Å². The van der Waals surface area contributed by atoms with Gasteiger partial charge in [-0.1, -0.05) is 21.1 Å². The van der Waals surface area contributed by atoms with E-state index in [1.807, 2.05) is 12.1 Å². The van der Waals surface area contributed by atoms with Gasteiger partial charge >= 0.3 is 0 Å². The largest absolute Gasteiger partial charge is 0.409 e. The molecule has 3 N–H and O–H groups in total. The van der Waals surface area contributed by atoms with Crippen molar-refractivity contribution in [2.24, 2.45) is 17.9 Å². The van der Waals surface area contributed by atoms with Gasteiger partial charge in [0.1, 0.15) is 6.33 Å². The molecule has 0 aliphatic heterocycles. The molecule has 0 aliphatic rings. The van der Waals surface area contributed by atoms with Crippen molar-refractivity contribution in [3.05, 3.63) is 34.6 Å². The third-order valence-electron chi connectivity index (χ3n) is 2.20. The number of halogens is 1. The Bertz CT molecular complexity index is 598. The highest BCUT2D eigenvalue weighted by molar-refractivity contribution is 9.10. The van der Waals surface area contributed by atoms with Crippen molar-refractivity contribution in [3.8, 4) is 0 Å². The van der Waals surface area contributed by atoms with Gasteiger partial charge in [0.25, 0.3) is 0 Å². The molecule has 94 valence electrons. The molecule has 1 heterocycles. The lowest BCUT2D eigenvalue weighted by atomic mass is 10.2. The SMILES string of the molecule is Cn1ncnc1Sc1cc(Br)ccc1/C(N)=N/O. The Morgan fingerprint density at radius 2 is 2.33 bits per heavy atom. The van der Waals surface area contributed by atoms with E-state index in [1.165, 1.54) is 18.1 Å². The van der Waals surface area contributed by atoms with Crippen LogP contribution in [0.3, 0.4) is 0 Å². The molecule has 0 spiro atoms. The van der Waals surface area contributed by atoms with Gasteiger partial charge in [-0.25, -0.2) is 9.67 Å². The van der Waals surface area contributed by atoms with E-state index in [9.17, 15) is 0 Å². The van der Waals surface area contributed by atoms with Gasteiger partial charge < -0.3 is 10.9 Å². The number of amidine groups is 1. The average molecular weight is 328 g/mol. The monoisotopic (exact) mass is 327 g/mol. The zero-order chi connectivity index (χ0) is 13.1. The summed E-state index contributed by atoms with van der Waals surface area (Å²) >= 11 is 4.78. The molecule has 8 heteroatoms. The highest BCUT2D eigenvalue weighted by Gasteiger charge is 2.12. The van der Waals surface area contributed by atoms with Crippen LogP contribution in [-0.2, 0) is 7.05 Å². The fraction of sp³-hybridized carbons (Fsp3) is 0.100. The maximum absolute atomic E-state index is 8.77. The molecule has 0 saturated heterocycles. The van der Waals surface area contributed by atoms with E-state index >= 15 is 0 Å². The number of aromatic nitrogens is 3. The first-order chi connectivity index (χ1) is 8.61. The number of oxime groups is 1. The average Bonchev–Trinajstić information content (AvgIpc) is 2.74. The Kier molecular flexibility index (Phi) is 3.87. The zero-order valence-electron chi connectivity index (χ0n) is 9.41. The van der Waals surface area contributed by atoms with Crippen molar-refractivity contribution in [1.82, 2.24) is 14.8 Å². The van der Waals surface area contributed by atoms with Crippen LogP contribution < -0.4 is 5.73 Å². The molecule has 18 heavy (non-hydrogen) atoms. The van der Waals surface area contributed by atoms with Crippen LogP contribution in [-0.4, -0.2) is 25.8 Å². The highest BCUT2D eigenvalue weighted by atomic mass is 79.9. The number of hydrogen-bond donors (Lipinski definition) is 2. The Morgan fingerprint density at radius 3 is 2.94 bits per heavy atom. The first kappa shape index (κ1) is 12.9. The number of nitrogens with two attached hydrogens (primary N) is 1. The lowest BCUT2D eigenvalue weighted by Gasteiger charge is -2.07. The van der Waals surface area contributed by atoms with Gasteiger partial charge in [0.15, 0.2) is 11.0 Å². The molecule has 1 aromatic heterocycles. The summed E-state index contributed by atoms with van der Waals surface area (Å²) in [6.45, 7) is 0. The standard InChI is InChI=1S/C10H10BrN5OS/c1-16-10(13-5-14-16)18-8-4-6(11)2-3-7(8)9(12)15-17/h2-5,17H,1H3,(H2,12,15). The molecule has 0 saturated carbocycles. The number of rotatable bonds is 3. The normalized spacial score (nSPS) is 11.8. The van der Waals surface area contributed by atoms with E-state index in [2.05, 4.69) is 31.2 Å². The van der Waals surface area contributed by atoms with Gasteiger partial charge in [0.05, 0.1) is 0 Å². The Hall–Kier alpha value is -1.54. The second kappa shape index (κ2) is 5.40. The number of aryl methyl sites for hydroxylation is 1. The van der Waals surface area contributed by atoms with Gasteiger partial charge in [0.2, 0.25) is 0 Å². The lowest BCUT2D eigenvalue weighted by molar-refractivity contribution is 0.318. The van der Waals surface area contributed by atoms with Crippen molar-refractivity contribution in [1.29, 1.82) is 0 Å². The predicted octanol–water partition coefficient (Wildman–Crippen LogP) is 1.82. The van der Waals surface area contributed by atoms with Crippen molar-refractivity contribution >= 4 is 33.5 Å². The van der Waals surface area contributed by atoms with Crippen LogP contribution in [0.25, 0.3) is 0 Å². The summed E-state index contributed by atoms with van der Waals surface area (Å²) in [5, 5.41) is 16.5. The van der Waals surface area contributed by atoms with Crippen molar-refractivity contribution in [2.45, 2.75) is 10.1 Å². The molecule has 0 radical (unpaired) electrons. The Balaban J connectivity index is 2.43. The van der Waals surface area contributed by atoms with Crippen molar-refractivity contribution < 1.29 is 5.21 Å². The van der Waals surface area contributed by atoms with Gasteiger partial charge in [0, 0.05) is 22.0 Å². The molecule has 0 amide bonds. The number of benzene rings is 1. The van der Waals surface area contributed by atoms with Gasteiger partial charge in [-0.3, -0.25) is 0 Å². The second-order valence-corrected chi connectivity index (χ2v) is 5.32. The van der Waals surface area contributed by atoms with Crippen LogP contribution in [0.4, 0.5) is 0 Å². The van der Waals surface area contributed by atoms with Crippen molar-refractivity contribution in [2.75, 3.05) is 0 Å². The summed E-state index contributed by atoms with van der Waals surface area (Å²) in [5.74, 6) is 0.0622. The van der Waals surface area contributed by atoms with E-state index in [0.717, 1.165) is 14.5 Å². The number of hydrogen-bond acceptors (Lipinski definition) is 5. The summed E-state index contributed by atoms with van der Waals surface area (Å²) in [4.78, 5) is 4.95. The fourth-order valence-corrected chi connectivity index (χ4v) is 2.78. The minimum atomic E-state index is 0.0622. The van der Waals surface area contributed by atoms with Crippen LogP contribution >= 0.6 is 27.7 Å². The van der Waals surface area contributed by atoms with Gasteiger partial charge in [-0.15, -0.1) is 0 Å². The summed E-state index contributed by atoms with van der Waals surface area (Å²) in [6, 6.07) is 5.48. The van der Waals surface area contributed by atoms with E-state index < -0.39 is 0 Å². The Labute approximate surface area is 116 Å². The van der Waals surface area contributed by atoms with Crippen LogP contribution in [0.5, 0.6) is 0 Å². The summed E-state index contributed by atoms with van der Waals surface area (Å²) in [5.41, 5.74) is 6.29. The van der Waals surface area contributed by atoms with Gasteiger partial charge in [-0.05, 0) is 30.0 Å². The molecule has 2 aromatic rings. The predicted molar refractivity (Wildman–Crippen MR) is 71.8 cm³/mol. The van der Waals surface area contributed by atoms with Gasteiger partial charge in [-0.2, -0.15) is 5.10 Å². The topological polar surface area (TPSA) is 89.3 Å². The highest BCUT2D eigenvalue weighted by Crippen LogP contribution is 2.30. The summed E-state index contributed by atoms with van der Waals surface area (Å²) in [7, 11) is 1.80. The molecule has 0 unspecified atom stereocenters. The molecule has 2 rings (SSSR count). The first-order valence-electron chi connectivity index (χ1n) is 4.91. The zero-order valence-corrected chi connectivity index (χ0v) is 11.8. The minimum Gasteiger partial charge on any atom is -0.409 e. The molecule has 0 atom stereocenters. The van der Waals surface area contributed by atoms with Crippen LogP contribution in [0.15, 0.2) is 44.2 Å². The third-order valence-corrected chi connectivity index (χ3v) is 3.80. The fourth-order valence-electron chi connectivity index (χ4n) is 1.32. The second-order valence-electron chi connectivity index (χ2n) is 3.39. The Morgan fingerprint density at radius 1 is 1.56 bits per heavy atom. The van der Waals surface area contributed by atoms with E-state index in [-0.39, 0.29) is 5.84 Å². The minimum absolute atomic E-state index is 0.0622. The smallest absolute Gasteiger partial charge is 0.190 e. The van der Waals surface area contributed by atoms with E-state index in [4.69, 9.17) is 10.9 Å².